The lowest BCUT2D eigenvalue weighted by Gasteiger charge is -2.16. The quantitative estimate of drug-likeness (QED) is 0.627. The molecule has 2 rings (SSSR count). The van der Waals surface area contributed by atoms with Gasteiger partial charge in [-0.2, -0.15) is 0 Å². The van der Waals surface area contributed by atoms with E-state index in [4.69, 9.17) is 5.73 Å². The fourth-order valence-electron chi connectivity index (χ4n) is 2.20. The van der Waals surface area contributed by atoms with Crippen molar-refractivity contribution < 1.29 is 9.72 Å². The summed E-state index contributed by atoms with van der Waals surface area (Å²) in [5.74, 6) is -0.177. The lowest BCUT2D eigenvalue weighted by atomic mass is 10.1. The number of benzene rings is 1. The molecule has 0 spiro atoms. The third-order valence-corrected chi connectivity index (χ3v) is 3.24. The minimum Gasteiger partial charge on any atom is -0.337 e. The summed E-state index contributed by atoms with van der Waals surface area (Å²) in [6.07, 6.45) is 0.777. The van der Waals surface area contributed by atoms with E-state index in [1.54, 1.807) is 17.9 Å². The normalized spacial score (nSPS) is 19.0. The van der Waals surface area contributed by atoms with Crippen LogP contribution in [0.1, 0.15) is 22.3 Å². The Balaban J connectivity index is 2.31. The van der Waals surface area contributed by atoms with E-state index in [0.29, 0.717) is 24.2 Å². The molecule has 0 aliphatic carbocycles. The summed E-state index contributed by atoms with van der Waals surface area (Å²) < 4.78 is 0. The van der Waals surface area contributed by atoms with Gasteiger partial charge in [-0.25, -0.2) is 0 Å². The predicted molar refractivity (Wildman–Crippen MR) is 66.3 cm³/mol. The highest BCUT2D eigenvalue weighted by Crippen LogP contribution is 2.23. The van der Waals surface area contributed by atoms with Gasteiger partial charge in [0.25, 0.3) is 11.6 Å². The van der Waals surface area contributed by atoms with Crippen molar-refractivity contribution in [2.24, 2.45) is 5.73 Å². The average Bonchev–Trinajstić information content (AvgIpc) is 2.75. The molecular weight excluding hydrogens is 234 g/mol. The molecule has 96 valence electrons. The first-order valence-corrected chi connectivity index (χ1v) is 5.79. The van der Waals surface area contributed by atoms with Crippen LogP contribution in [0.5, 0.6) is 0 Å². The molecule has 1 aliphatic rings. The maximum Gasteiger partial charge on any atom is 0.273 e. The zero-order chi connectivity index (χ0) is 13.3. The van der Waals surface area contributed by atoms with Gasteiger partial charge in [-0.3, -0.25) is 14.9 Å². The number of hydrogen-bond donors (Lipinski definition) is 1. The smallest absolute Gasteiger partial charge is 0.273 e. The lowest BCUT2D eigenvalue weighted by molar-refractivity contribution is -0.385. The Kier molecular flexibility index (Phi) is 3.29. The second kappa shape index (κ2) is 4.73. The fraction of sp³-hybridized carbons (Fsp3) is 0.417. The number of rotatable bonds is 2. The van der Waals surface area contributed by atoms with Crippen LogP contribution in [0.15, 0.2) is 18.2 Å². The molecule has 2 N–H and O–H groups in total. The van der Waals surface area contributed by atoms with Gasteiger partial charge in [0.05, 0.1) is 4.92 Å². The molecule has 1 amide bonds. The average molecular weight is 249 g/mol. The minimum absolute atomic E-state index is 0.00736. The van der Waals surface area contributed by atoms with Crippen LogP contribution in [0, 0.1) is 17.0 Å². The van der Waals surface area contributed by atoms with Crippen molar-refractivity contribution in [2.45, 2.75) is 19.4 Å². The largest absolute Gasteiger partial charge is 0.337 e. The van der Waals surface area contributed by atoms with Gasteiger partial charge in [0.2, 0.25) is 0 Å². The molecule has 0 unspecified atom stereocenters. The Bertz CT molecular complexity index is 501. The molecular formula is C12H15N3O3. The maximum absolute atomic E-state index is 12.2. The molecule has 0 bridgehead atoms. The Morgan fingerprint density at radius 2 is 2.28 bits per heavy atom. The van der Waals surface area contributed by atoms with Crippen molar-refractivity contribution in [1.82, 2.24) is 4.90 Å². The summed E-state index contributed by atoms with van der Waals surface area (Å²) in [4.78, 5) is 24.2. The summed E-state index contributed by atoms with van der Waals surface area (Å²) in [5.41, 5.74) is 6.53. The van der Waals surface area contributed by atoms with Crippen molar-refractivity contribution in [3.63, 3.8) is 0 Å². The lowest BCUT2D eigenvalue weighted by Crippen LogP contribution is -2.32. The van der Waals surface area contributed by atoms with E-state index in [-0.39, 0.29) is 17.6 Å². The molecule has 0 radical (unpaired) electrons. The molecule has 6 heteroatoms. The van der Waals surface area contributed by atoms with Gasteiger partial charge >= 0.3 is 0 Å². The van der Waals surface area contributed by atoms with Crippen LogP contribution < -0.4 is 5.73 Å². The first-order chi connectivity index (χ1) is 8.50. The second-order valence-electron chi connectivity index (χ2n) is 4.51. The highest BCUT2D eigenvalue weighted by Gasteiger charge is 2.27. The van der Waals surface area contributed by atoms with Crippen LogP contribution in [0.3, 0.4) is 0 Å². The summed E-state index contributed by atoms with van der Waals surface area (Å²) in [6.45, 7) is 2.73. The van der Waals surface area contributed by atoms with Gasteiger partial charge in [-0.05, 0) is 19.4 Å². The monoisotopic (exact) mass is 249 g/mol. The van der Waals surface area contributed by atoms with Gasteiger partial charge in [-0.1, -0.05) is 6.07 Å². The molecule has 18 heavy (non-hydrogen) atoms. The van der Waals surface area contributed by atoms with Crippen LogP contribution >= 0.6 is 0 Å². The number of likely N-dealkylation sites (tertiary alicyclic amines) is 1. The molecule has 6 nitrogen and oxygen atoms in total. The number of amides is 1. The number of nitro benzene ring substituents is 1. The SMILES string of the molecule is Cc1c(C(=O)N2CC[C@H](N)C2)cccc1[N+](=O)[O-]. The van der Waals surface area contributed by atoms with E-state index in [9.17, 15) is 14.9 Å². The molecule has 1 aliphatic heterocycles. The number of nitro groups is 1. The Hall–Kier alpha value is -1.95. The number of nitrogens with two attached hydrogens (primary N) is 1. The first kappa shape index (κ1) is 12.5. The van der Waals surface area contributed by atoms with E-state index in [1.165, 1.54) is 12.1 Å². The number of hydrogen-bond acceptors (Lipinski definition) is 4. The minimum atomic E-state index is -0.470. The molecule has 0 saturated carbocycles. The Morgan fingerprint density at radius 1 is 1.56 bits per heavy atom. The van der Waals surface area contributed by atoms with Crippen LogP contribution in [-0.2, 0) is 0 Å². The molecule has 1 saturated heterocycles. The van der Waals surface area contributed by atoms with Gasteiger partial charge in [0.15, 0.2) is 0 Å². The third-order valence-electron chi connectivity index (χ3n) is 3.24. The molecule has 0 aromatic heterocycles. The van der Waals surface area contributed by atoms with Gasteiger partial charge in [0, 0.05) is 36.3 Å². The van der Waals surface area contributed by atoms with E-state index in [0.717, 1.165) is 6.42 Å². The highest BCUT2D eigenvalue weighted by atomic mass is 16.6. The van der Waals surface area contributed by atoms with Crippen LogP contribution in [-0.4, -0.2) is 34.9 Å². The van der Waals surface area contributed by atoms with Crippen molar-refractivity contribution in [3.8, 4) is 0 Å². The Labute approximate surface area is 105 Å². The second-order valence-corrected chi connectivity index (χ2v) is 4.51. The summed E-state index contributed by atoms with van der Waals surface area (Å²) in [6, 6.07) is 4.57. The molecule has 1 heterocycles. The summed E-state index contributed by atoms with van der Waals surface area (Å²) in [5, 5.41) is 10.8. The van der Waals surface area contributed by atoms with E-state index in [2.05, 4.69) is 0 Å². The fourth-order valence-corrected chi connectivity index (χ4v) is 2.20. The van der Waals surface area contributed by atoms with Crippen LogP contribution in [0.2, 0.25) is 0 Å². The van der Waals surface area contributed by atoms with Crippen molar-refractivity contribution in [3.05, 3.63) is 39.4 Å². The standard InChI is InChI=1S/C12H15N3O3/c1-8-10(3-2-4-11(8)15(17)18)12(16)14-6-5-9(13)7-14/h2-4,9H,5-7,13H2,1H3/t9-/m0/s1. The predicted octanol–water partition coefficient (Wildman–Crippen LogP) is 1.08. The summed E-state index contributed by atoms with van der Waals surface area (Å²) >= 11 is 0. The third kappa shape index (κ3) is 2.19. The van der Waals surface area contributed by atoms with E-state index < -0.39 is 4.92 Å². The zero-order valence-corrected chi connectivity index (χ0v) is 10.1. The Morgan fingerprint density at radius 3 is 2.83 bits per heavy atom. The van der Waals surface area contributed by atoms with E-state index in [1.807, 2.05) is 0 Å². The molecule has 1 atom stereocenters. The van der Waals surface area contributed by atoms with Crippen molar-refractivity contribution >= 4 is 11.6 Å². The first-order valence-electron chi connectivity index (χ1n) is 5.79. The molecule has 1 fully saturated rings. The van der Waals surface area contributed by atoms with Gasteiger partial charge < -0.3 is 10.6 Å². The van der Waals surface area contributed by atoms with E-state index >= 15 is 0 Å². The molecule has 1 aromatic carbocycles. The number of carbonyl (C=O) groups is 1. The van der Waals surface area contributed by atoms with Gasteiger partial charge in [-0.15, -0.1) is 0 Å². The topological polar surface area (TPSA) is 89.5 Å². The van der Waals surface area contributed by atoms with Crippen molar-refractivity contribution in [1.29, 1.82) is 0 Å². The van der Waals surface area contributed by atoms with Crippen LogP contribution in [0.25, 0.3) is 0 Å². The maximum atomic E-state index is 12.2. The molecule has 1 aromatic rings. The number of carbonyl (C=O) groups excluding carboxylic acids is 1. The highest BCUT2D eigenvalue weighted by molar-refractivity contribution is 5.96. The van der Waals surface area contributed by atoms with Gasteiger partial charge in [0.1, 0.15) is 0 Å². The zero-order valence-electron chi connectivity index (χ0n) is 10.1. The van der Waals surface area contributed by atoms with Crippen molar-refractivity contribution in [2.75, 3.05) is 13.1 Å². The summed E-state index contributed by atoms with van der Waals surface area (Å²) in [7, 11) is 0. The van der Waals surface area contributed by atoms with Crippen LogP contribution in [0.4, 0.5) is 5.69 Å². The number of nitrogens with zero attached hydrogens (tertiary/aromatic N) is 2.